The van der Waals surface area contributed by atoms with Gasteiger partial charge in [0.1, 0.15) is 0 Å². The summed E-state index contributed by atoms with van der Waals surface area (Å²) < 4.78 is 0. The second kappa shape index (κ2) is 6.17. The van der Waals surface area contributed by atoms with Gasteiger partial charge in [0, 0.05) is 23.1 Å². The van der Waals surface area contributed by atoms with Crippen molar-refractivity contribution in [3.05, 3.63) is 47.2 Å². The van der Waals surface area contributed by atoms with E-state index in [0.29, 0.717) is 0 Å². The molecule has 0 spiro atoms. The number of H-pyrrole nitrogens is 1. The summed E-state index contributed by atoms with van der Waals surface area (Å²) in [7, 11) is 0. The molecule has 0 radical (unpaired) electrons. The van der Waals surface area contributed by atoms with Gasteiger partial charge in [0.15, 0.2) is 0 Å². The van der Waals surface area contributed by atoms with E-state index in [9.17, 15) is 4.79 Å². The number of amides is 1. The van der Waals surface area contributed by atoms with E-state index in [1.54, 1.807) is 0 Å². The quantitative estimate of drug-likeness (QED) is 0.815. The molecule has 3 nitrogen and oxygen atoms in total. The van der Waals surface area contributed by atoms with Crippen LogP contribution in [0.4, 0.5) is 0 Å². The molecule has 0 aliphatic heterocycles. The molecule has 0 saturated carbocycles. The molecule has 0 saturated heterocycles. The lowest BCUT2D eigenvalue weighted by molar-refractivity contribution is 0.0955. The zero-order valence-electron chi connectivity index (χ0n) is 12.5. The maximum Gasteiger partial charge on any atom is 0.253 e. The minimum absolute atomic E-state index is 0.0290. The Balaban J connectivity index is 1.67. The topological polar surface area (TPSA) is 44.9 Å². The second-order valence-corrected chi connectivity index (χ2v) is 5.78. The fourth-order valence-electron chi connectivity index (χ4n) is 3.13. The van der Waals surface area contributed by atoms with Gasteiger partial charge in [0.2, 0.25) is 0 Å². The first-order valence-electron chi connectivity index (χ1n) is 7.79. The van der Waals surface area contributed by atoms with Gasteiger partial charge in [-0.2, -0.15) is 0 Å². The van der Waals surface area contributed by atoms with Crippen molar-refractivity contribution in [2.75, 3.05) is 6.54 Å². The molecule has 0 bridgehead atoms. The van der Waals surface area contributed by atoms with E-state index in [2.05, 4.69) is 16.4 Å². The van der Waals surface area contributed by atoms with Gasteiger partial charge in [-0.05, 0) is 45.1 Å². The van der Waals surface area contributed by atoms with Crippen LogP contribution in [0, 0.1) is 6.92 Å². The molecule has 0 fully saturated rings. The Bertz CT molecular complexity index is 682. The fourth-order valence-corrected chi connectivity index (χ4v) is 3.13. The number of aromatic amines is 1. The second-order valence-electron chi connectivity index (χ2n) is 5.78. The summed E-state index contributed by atoms with van der Waals surface area (Å²) in [5, 5.41) is 4.07. The van der Waals surface area contributed by atoms with Crippen LogP contribution >= 0.6 is 0 Å². The molecule has 1 aliphatic rings. The average Bonchev–Trinajstić information content (AvgIpc) is 2.84. The zero-order chi connectivity index (χ0) is 14.7. The standard InChI is InChI=1S/C18H22N2O/c1-13-17(15-9-5-6-10-16(15)20-13)18(21)19-12-11-14-7-3-2-4-8-14/h5-7,9-10,20H,2-4,8,11-12H2,1H3,(H,19,21). The number of aromatic nitrogens is 1. The van der Waals surface area contributed by atoms with Gasteiger partial charge in [-0.3, -0.25) is 4.79 Å². The van der Waals surface area contributed by atoms with Crippen molar-refractivity contribution in [3.8, 4) is 0 Å². The summed E-state index contributed by atoms with van der Waals surface area (Å²) in [5.41, 5.74) is 4.24. The molecular weight excluding hydrogens is 260 g/mol. The molecular formula is C18H22N2O. The molecule has 0 unspecified atom stereocenters. The molecule has 1 aliphatic carbocycles. The zero-order valence-corrected chi connectivity index (χ0v) is 12.5. The molecule has 3 rings (SSSR count). The molecule has 21 heavy (non-hydrogen) atoms. The van der Waals surface area contributed by atoms with E-state index in [1.165, 1.54) is 31.3 Å². The van der Waals surface area contributed by atoms with Crippen molar-refractivity contribution in [3.63, 3.8) is 0 Å². The van der Waals surface area contributed by atoms with Crippen LogP contribution in [0.2, 0.25) is 0 Å². The summed E-state index contributed by atoms with van der Waals surface area (Å²) >= 11 is 0. The molecule has 1 heterocycles. The van der Waals surface area contributed by atoms with Crippen molar-refractivity contribution >= 4 is 16.8 Å². The van der Waals surface area contributed by atoms with E-state index in [0.717, 1.165) is 35.1 Å². The highest BCUT2D eigenvalue weighted by Gasteiger charge is 2.15. The number of carbonyl (C=O) groups is 1. The van der Waals surface area contributed by atoms with Gasteiger partial charge < -0.3 is 10.3 Å². The number of benzene rings is 1. The van der Waals surface area contributed by atoms with Crippen molar-refractivity contribution in [2.24, 2.45) is 0 Å². The monoisotopic (exact) mass is 282 g/mol. The maximum atomic E-state index is 12.4. The number of para-hydroxylation sites is 1. The lowest BCUT2D eigenvalue weighted by atomic mass is 9.97. The van der Waals surface area contributed by atoms with Gasteiger partial charge >= 0.3 is 0 Å². The number of hydrogen-bond donors (Lipinski definition) is 2. The first-order valence-corrected chi connectivity index (χ1v) is 7.79. The number of allylic oxidation sites excluding steroid dienone is 1. The third-order valence-electron chi connectivity index (χ3n) is 4.24. The highest BCUT2D eigenvalue weighted by Crippen LogP contribution is 2.22. The molecule has 110 valence electrons. The van der Waals surface area contributed by atoms with Crippen LogP contribution in [-0.4, -0.2) is 17.4 Å². The molecule has 0 atom stereocenters. The average molecular weight is 282 g/mol. The number of nitrogens with one attached hydrogen (secondary N) is 2. The summed E-state index contributed by atoms with van der Waals surface area (Å²) in [4.78, 5) is 15.7. The predicted octanol–water partition coefficient (Wildman–Crippen LogP) is 4.10. The lowest BCUT2D eigenvalue weighted by Crippen LogP contribution is -2.25. The van der Waals surface area contributed by atoms with Gasteiger partial charge in [0.05, 0.1) is 5.56 Å². The first kappa shape index (κ1) is 13.9. The molecule has 1 aromatic carbocycles. The summed E-state index contributed by atoms with van der Waals surface area (Å²) in [5.74, 6) is 0.0290. The van der Waals surface area contributed by atoms with Gasteiger partial charge in [0.25, 0.3) is 5.91 Å². The Morgan fingerprint density at radius 2 is 2.14 bits per heavy atom. The first-order chi connectivity index (χ1) is 10.3. The summed E-state index contributed by atoms with van der Waals surface area (Å²) in [6.45, 7) is 2.68. The van der Waals surface area contributed by atoms with E-state index >= 15 is 0 Å². The van der Waals surface area contributed by atoms with Crippen LogP contribution in [-0.2, 0) is 0 Å². The van der Waals surface area contributed by atoms with Crippen LogP contribution in [0.3, 0.4) is 0 Å². The number of hydrogen-bond acceptors (Lipinski definition) is 1. The number of carbonyl (C=O) groups excluding carboxylic acids is 1. The van der Waals surface area contributed by atoms with Gasteiger partial charge in [-0.15, -0.1) is 0 Å². The Morgan fingerprint density at radius 1 is 1.29 bits per heavy atom. The predicted molar refractivity (Wildman–Crippen MR) is 86.5 cm³/mol. The highest BCUT2D eigenvalue weighted by molar-refractivity contribution is 6.08. The number of aryl methyl sites for hydroxylation is 1. The summed E-state index contributed by atoms with van der Waals surface area (Å²) in [6.07, 6.45) is 8.32. The Kier molecular flexibility index (Phi) is 4.09. The molecule has 1 amide bonds. The number of rotatable bonds is 4. The largest absolute Gasteiger partial charge is 0.358 e. The van der Waals surface area contributed by atoms with E-state index in [1.807, 2.05) is 31.2 Å². The minimum atomic E-state index is 0.0290. The van der Waals surface area contributed by atoms with Crippen LogP contribution in [0.15, 0.2) is 35.9 Å². The summed E-state index contributed by atoms with van der Waals surface area (Å²) in [6, 6.07) is 7.96. The molecule has 2 aromatic rings. The van der Waals surface area contributed by atoms with Crippen LogP contribution in [0.25, 0.3) is 10.9 Å². The smallest absolute Gasteiger partial charge is 0.253 e. The van der Waals surface area contributed by atoms with Gasteiger partial charge in [-0.25, -0.2) is 0 Å². The Labute approximate surface area is 125 Å². The van der Waals surface area contributed by atoms with Crippen molar-refractivity contribution < 1.29 is 4.79 Å². The molecule has 2 N–H and O–H groups in total. The van der Waals surface area contributed by atoms with Crippen molar-refractivity contribution in [1.82, 2.24) is 10.3 Å². The van der Waals surface area contributed by atoms with Crippen molar-refractivity contribution in [1.29, 1.82) is 0 Å². The molecule has 1 aromatic heterocycles. The van der Waals surface area contributed by atoms with Crippen LogP contribution in [0.5, 0.6) is 0 Å². The third kappa shape index (κ3) is 3.02. The SMILES string of the molecule is Cc1[nH]c2ccccc2c1C(=O)NCCC1=CCCCC1. The lowest BCUT2D eigenvalue weighted by Gasteiger charge is -2.13. The minimum Gasteiger partial charge on any atom is -0.358 e. The van der Waals surface area contributed by atoms with Crippen molar-refractivity contribution in [2.45, 2.75) is 39.0 Å². The Morgan fingerprint density at radius 3 is 2.95 bits per heavy atom. The highest BCUT2D eigenvalue weighted by atomic mass is 16.1. The third-order valence-corrected chi connectivity index (χ3v) is 4.24. The maximum absolute atomic E-state index is 12.4. The van der Waals surface area contributed by atoms with Crippen LogP contribution < -0.4 is 5.32 Å². The van der Waals surface area contributed by atoms with E-state index < -0.39 is 0 Å². The van der Waals surface area contributed by atoms with Gasteiger partial charge in [-0.1, -0.05) is 29.8 Å². The molecule has 3 heteroatoms. The van der Waals surface area contributed by atoms with E-state index in [-0.39, 0.29) is 5.91 Å². The van der Waals surface area contributed by atoms with E-state index in [4.69, 9.17) is 0 Å². The number of fused-ring (bicyclic) bond motifs is 1. The van der Waals surface area contributed by atoms with Crippen LogP contribution in [0.1, 0.15) is 48.2 Å². The normalized spacial score (nSPS) is 15.0. The fraction of sp³-hybridized carbons (Fsp3) is 0.389. The Hall–Kier alpha value is -2.03.